The summed E-state index contributed by atoms with van der Waals surface area (Å²) in [6.45, 7) is 6.57. The summed E-state index contributed by atoms with van der Waals surface area (Å²) in [5.74, 6) is -0.124. The Bertz CT molecular complexity index is 1830. The number of aromatic nitrogens is 2. The smallest absolute Gasteiger partial charge is 0.248 e. The molecule has 214 valence electrons. The van der Waals surface area contributed by atoms with Crippen molar-refractivity contribution < 1.29 is 13.2 Å². The topological polar surface area (TPSA) is 38.9 Å². The summed E-state index contributed by atoms with van der Waals surface area (Å²) in [5, 5.41) is 8.54. The van der Waals surface area contributed by atoms with Gasteiger partial charge in [0.25, 0.3) is 0 Å². The van der Waals surface area contributed by atoms with Gasteiger partial charge in [-0.1, -0.05) is 93.6 Å². The van der Waals surface area contributed by atoms with Gasteiger partial charge in [0.1, 0.15) is 11.6 Å². The highest BCUT2D eigenvalue weighted by atomic mass is 19.1. The van der Waals surface area contributed by atoms with Gasteiger partial charge in [0.2, 0.25) is 11.8 Å². The van der Waals surface area contributed by atoms with Gasteiger partial charge >= 0.3 is 0 Å². The first-order valence-corrected chi connectivity index (χ1v) is 14.4. The van der Waals surface area contributed by atoms with E-state index in [9.17, 15) is 8.78 Å². The molecule has 0 saturated carbocycles. The molecule has 0 amide bonds. The van der Waals surface area contributed by atoms with E-state index < -0.39 is 11.6 Å². The van der Waals surface area contributed by atoms with Crippen LogP contribution >= 0.6 is 0 Å². The van der Waals surface area contributed by atoms with E-state index in [-0.39, 0.29) is 5.41 Å². The maximum Gasteiger partial charge on any atom is 0.248 e. The minimum absolute atomic E-state index is 0.0887. The summed E-state index contributed by atoms with van der Waals surface area (Å²) in [6, 6.07) is 36.4. The highest BCUT2D eigenvalue weighted by Gasteiger charge is 2.15. The van der Waals surface area contributed by atoms with Crippen LogP contribution < -0.4 is 0 Å². The van der Waals surface area contributed by atoms with Crippen molar-refractivity contribution >= 4 is 0 Å². The zero-order valence-electron chi connectivity index (χ0n) is 24.4. The van der Waals surface area contributed by atoms with Crippen LogP contribution in [0.4, 0.5) is 8.78 Å². The first-order valence-electron chi connectivity index (χ1n) is 14.4. The van der Waals surface area contributed by atoms with Crippen LogP contribution in [0.15, 0.2) is 120 Å². The monoisotopic (exact) mass is 570 g/mol. The van der Waals surface area contributed by atoms with Crippen molar-refractivity contribution in [3.05, 3.63) is 144 Å². The Labute approximate surface area is 250 Å². The van der Waals surface area contributed by atoms with Crippen molar-refractivity contribution in [1.82, 2.24) is 10.2 Å². The maximum atomic E-state index is 14.1. The van der Waals surface area contributed by atoms with E-state index in [4.69, 9.17) is 4.42 Å². The summed E-state index contributed by atoms with van der Waals surface area (Å²) in [4.78, 5) is 0. The molecule has 0 radical (unpaired) electrons. The van der Waals surface area contributed by atoms with E-state index in [0.29, 0.717) is 17.3 Å². The first kappa shape index (κ1) is 28.2. The molecule has 1 heterocycles. The van der Waals surface area contributed by atoms with Gasteiger partial charge in [-0.2, -0.15) is 0 Å². The molecule has 6 rings (SSSR count). The van der Waals surface area contributed by atoms with Crippen molar-refractivity contribution in [1.29, 1.82) is 0 Å². The predicted octanol–water partition coefficient (Wildman–Crippen LogP) is 10.1. The molecule has 3 nitrogen and oxygen atoms in total. The number of aryl methyl sites for hydroxylation is 2. The van der Waals surface area contributed by atoms with Gasteiger partial charge < -0.3 is 4.42 Å². The van der Waals surface area contributed by atoms with Crippen LogP contribution in [0.2, 0.25) is 0 Å². The average Bonchev–Trinajstić information content (AvgIpc) is 3.51. The molecule has 5 aromatic carbocycles. The number of halogens is 2. The van der Waals surface area contributed by atoms with Crippen molar-refractivity contribution in [2.45, 2.75) is 39.0 Å². The second-order valence-corrected chi connectivity index (χ2v) is 11.8. The lowest BCUT2D eigenvalue weighted by atomic mass is 9.87. The Kier molecular flexibility index (Phi) is 7.73. The lowest BCUT2D eigenvalue weighted by Gasteiger charge is -2.18. The molecule has 0 aliphatic carbocycles. The molecule has 0 unspecified atom stereocenters. The fourth-order valence-corrected chi connectivity index (χ4v) is 5.10. The third-order valence-corrected chi connectivity index (χ3v) is 7.74. The summed E-state index contributed by atoms with van der Waals surface area (Å²) >= 11 is 0. The maximum absolute atomic E-state index is 14.1. The second-order valence-electron chi connectivity index (χ2n) is 11.8. The largest absolute Gasteiger partial charge is 0.416 e. The molecule has 0 bridgehead atoms. The fraction of sp³-hybridized carbons (Fsp3) is 0.158. The molecule has 0 atom stereocenters. The van der Waals surface area contributed by atoms with E-state index in [0.717, 1.165) is 52.3 Å². The van der Waals surface area contributed by atoms with E-state index in [1.54, 1.807) is 0 Å². The molecular formula is C38H32F2N2O. The van der Waals surface area contributed by atoms with E-state index in [1.165, 1.54) is 23.3 Å². The van der Waals surface area contributed by atoms with Crippen LogP contribution in [0.3, 0.4) is 0 Å². The molecule has 43 heavy (non-hydrogen) atoms. The van der Waals surface area contributed by atoms with Gasteiger partial charge in [-0.25, -0.2) is 8.78 Å². The van der Waals surface area contributed by atoms with E-state index >= 15 is 0 Å². The number of benzene rings is 5. The predicted molar refractivity (Wildman–Crippen MR) is 169 cm³/mol. The van der Waals surface area contributed by atoms with E-state index in [1.807, 2.05) is 48.5 Å². The molecule has 0 fully saturated rings. The summed E-state index contributed by atoms with van der Waals surface area (Å²) in [6.07, 6.45) is 1.76. The Morgan fingerprint density at radius 2 is 0.977 bits per heavy atom. The molecule has 5 heteroatoms. The lowest BCUT2D eigenvalue weighted by Crippen LogP contribution is -2.10. The van der Waals surface area contributed by atoms with Gasteiger partial charge in [-0.05, 0) is 88.0 Å². The Morgan fingerprint density at radius 1 is 0.535 bits per heavy atom. The summed E-state index contributed by atoms with van der Waals surface area (Å²) in [7, 11) is 0. The molecule has 6 aromatic rings. The molecule has 0 N–H and O–H groups in total. The summed E-state index contributed by atoms with van der Waals surface area (Å²) in [5.41, 5.74) is 8.91. The van der Waals surface area contributed by atoms with Gasteiger partial charge in [-0.3, -0.25) is 0 Å². The molecule has 0 saturated heterocycles. The highest BCUT2D eigenvalue weighted by molar-refractivity contribution is 5.68. The number of hydrogen-bond donors (Lipinski definition) is 0. The van der Waals surface area contributed by atoms with Gasteiger partial charge in [0.15, 0.2) is 0 Å². The number of nitrogens with zero attached hydrogens (tertiary/aromatic N) is 2. The minimum atomic E-state index is -0.572. The van der Waals surface area contributed by atoms with Gasteiger partial charge in [-0.15, -0.1) is 10.2 Å². The Morgan fingerprint density at radius 3 is 1.47 bits per heavy atom. The normalized spacial score (nSPS) is 11.6. The zero-order valence-corrected chi connectivity index (χ0v) is 24.4. The molecule has 0 aliphatic heterocycles. The quantitative estimate of drug-likeness (QED) is 0.192. The molecule has 1 aromatic heterocycles. The molecule has 0 spiro atoms. The van der Waals surface area contributed by atoms with Crippen molar-refractivity contribution in [2.24, 2.45) is 0 Å². The van der Waals surface area contributed by atoms with Crippen LogP contribution in [0, 0.1) is 11.6 Å². The standard InChI is InChI=1S/C38H32F2N2O/c1-38(2,3)32-20-18-31(19-21-32)37-42-41-36(43-37)30-16-14-28(15-17-30)27-10-6-25(7-11-27)4-5-26-8-12-29(13-9-26)34-23-22-33(39)24-35(34)40/h6-24H,4-5H2,1-3H3. The third-order valence-electron chi connectivity index (χ3n) is 7.74. The van der Waals surface area contributed by atoms with E-state index in [2.05, 4.69) is 79.5 Å². The Balaban J connectivity index is 1.07. The lowest BCUT2D eigenvalue weighted by molar-refractivity contribution is 0.582. The van der Waals surface area contributed by atoms with Gasteiger partial charge in [0, 0.05) is 22.8 Å². The summed E-state index contributed by atoms with van der Waals surface area (Å²) < 4.78 is 33.3. The fourth-order valence-electron chi connectivity index (χ4n) is 5.10. The average molecular weight is 571 g/mol. The highest BCUT2D eigenvalue weighted by Crippen LogP contribution is 2.29. The number of hydrogen-bond acceptors (Lipinski definition) is 3. The Hall–Kier alpha value is -4.90. The second kappa shape index (κ2) is 11.8. The first-order chi connectivity index (χ1) is 20.7. The third kappa shape index (κ3) is 6.46. The minimum Gasteiger partial charge on any atom is -0.416 e. The van der Waals surface area contributed by atoms with Crippen molar-refractivity contribution in [3.8, 4) is 45.2 Å². The van der Waals surface area contributed by atoms with Crippen LogP contribution in [0.1, 0.15) is 37.5 Å². The molecule has 0 aliphatic rings. The number of rotatable bonds is 7. The molecular weight excluding hydrogens is 538 g/mol. The van der Waals surface area contributed by atoms with Crippen LogP contribution in [-0.2, 0) is 18.3 Å². The SMILES string of the molecule is CC(C)(C)c1ccc(-c2nnc(-c3ccc(-c4ccc(CCc5ccc(-c6ccc(F)cc6F)cc5)cc4)cc3)o2)cc1. The van der Waals surface area contributed by atoms with Crippen LogP contribution in [0.5, 0.6) is 0 Å². The van der Waals surface area contributed by atoms with Crippen LogP contribution in [0.25, 0.3) is 45.2 Å². The van der Waals surface area contributed by atoms with Gasteiger partial charge in [0.05, 0.1) is 0 Å². The van der Waals surface area contributed by atoms with Crippen molar-refractivity contribution in [2.75, 3.05) is 0 Å². The zero-order chi connectivity index (χ0) is 30.0. The van der Waals surface area contributed by atoms with Crippen LogP contribution in [-0.4, -0.2) is 10.2 Å². The van der Waals surface area contributed by atoms with Crippen molar-refractivity contribution in [3.63, 3.8) is 0 Å².